The third-order valence-electron chi connectivity index (χ3n) is 3.97. The van der Waals surface area contributed by atoms with Crippen LogP contribution in [0.5, 0.6) is 0 Å². The highest BCUT2D eigenvalue weighted by Gasteiger charge is 2.53. The standard InChI is InChI=1S/C17H19N3O7/c1-18-20(10-13(21)22)17(24)15-14(27-15)16(23)19(8-11-4-2-6-25-11)9-12-5-3-7-26-12/h2-7,14-15,18H,8-10H2,1H3,(H,21,22). The van der Waals surface area contributed by atoms with Crippen LogP contribution in [0.3, 0.4) is 0 Å². The number of carbonyl (C=O) groups excluding carboxylic acids is 2. The summed E-state index contributed by atoms with van der Waals surface area (Å²) in [5.74, 6) is -1.07. The minimum atomic E-state index is -1.18. The molecule has 0 aromatic carbocycles. The van der Waals surface area contributed by atoms with Crippen molar-refractivity contribution in [3.8, 4) is 0 Å². The van der Waals surface area contributed by atoms with Gasteiger partial charge in [0.1, 0.15) is 18.1 Å². The lowest BCUT2D eigenvalue weighted by molar-refractivity contribution is -0.147. The molecule has 2 atom stereocenters. The Morgan fingerprint density at radius 1 is 1.04 bits per heavy atom. The van der Waals surface area contributed by atoms with Crippen LogP contribution in [-0.4, -0.2) is 58.6 Å². The van der Waals surface area contributed by atoms with Crippen LogP contribution in [0.2, 0.25) is 0 Å². The molecule has 1 aliphatic rings. The maximum absolute atomic E-state index is 12.8. The van der Waals surface area contributed by atoms with Gasteiger partial charge in [0.2, 0.25) is 0 Å². The molecule has 27 heavy (non-hydrogen) atoms. The van der Waals surface area contributed by atoms with Gasteiger partial charge in [0.05, 0.1) is 25.6 Å². The van der Waals surface area contributed by atoms with E-state index in [-0.39, 0.29) is 13.1 Å². The number of hydrogen-bond donors (Lipinski definition) is 2. The zero-order chi connectivity index (χ0) is 19.4. The van der Waals surface area contributed by atoms with Crippen LogP contribution in [-0.2, 0) is 32.2 Å². The van der Waals surface area contributed by atoms with Crippen LogP contribution < -0.4 is 5.43 Å². The van der Waals surface area contributed by atoms with E-state index in [4.69, 9.17) is 18.7 Å². The lowest BCUT2D eigenvalue weighted by atomic mass is 10.2. The van der Waals surface area contributed by atoms with Gasteiger partial charge in [-0.25, -0.2) is 5.43 Å². The molecule has 2 amide bonds. The molecule has 10 heteroatoms. The van der Waals surface area contributed by atoms with Crippen molar-refractivity contribution in [2.75, 3.05) is 13.6 Å². The Balaban J connectivity index is 1.67. The Hall–Kier alpha value is -3.11. The normalized spacial score (nSPS) is 18.1. The van der Waals surface area contributed by atoms with Crippen molar-refractivity contribution in [1.29, 1.82) is 0 Å². The fourth-order valence-electron chi connectivity index (χ4n) is 2.62. The highest BCUT2D eigenvalue weighted by molar-refractivity contribution is 5.95. The van der Waals surface area contributed by atoms with Crippen molar-refractivity contribution in [1.82, 2.24) is 15.3 Å². The van der Waals surface area contributed by atoms with Crippen molar-refractivity contribution >= 4 is 17.8 Å². The Morgan fingerprint density at radius 2 is 1.59 bits per heavy atom. The molecule has 0 spiro atoms. The van der Waals surface area contributed by atoms with Crippen molar-refractivity contribution in [2.24, 2.45) is 0 Å². The smallest absolute Gasteiger partial charge is 0.324 e. The van der Waals surface area contributed by atoms with Crippen LogP contribution in [0.15, 0.2) is 45.6 Å². The molecule has 1 aliphatic heterocycles. The van der Waals surface area contributed by atoms with Gasteiger partial charge in [-0.2, -0.15) is 0 Å². The highest BCUT2D eigenvalue weighted by atomic mass is 16.6. The first kappa shape index (κ1) is 18.7. The van der Waals surface area contributed by atoms with E-state index >= 15 is 0 Å². The van der Waals surface area contributed by atoms with Gasteiger partial charge in [0.25, 0.3) is 11.8 Å². The molecule has 1 saturated heterocycles. The van der Waals surface area contributed by atoms with Crippen molar-refractivity contribution in [3.05, 3.63) is 48.3 Å². The van der Waals surface area contributed by atoms with Gasteiger partial charge < -0.3 is 23.6 Å². The minimum Gasteiger partial charge on any atom is -0.480 e. The minimum absolute atomic E-state index is 0.179. The Kier molecular flexibility index (Phi) is 5.57. The molecule has 0 saturated carbocycles. The third kappa shape index (κ3) is 4.54. The fourth-order valence-corrected chi connectivity index (χ4v) is 2.62. The third-order valence-corrected chi connectivity index (χ3v) is 3.97. The lowest BCUT2D eigenvalue weighted by Crippen LogP contribution is -2.47. The molecule has 2 unspecified atom stereocenters. The molecular weight excluding hydrogens is 358 g/mol. The highest BCUT2D eigenvalue weighted by Crippen LogP contribution is 2.27. The molecule has 0 bridgehead atoms. The molecule has 3 heterocycles. The SMILES string of the molecule is CNN(CC(=O)O)C(=O)C1OC1C(=O)N(Cc1ccco1)Cc1ccco1. The van der Waals surface area contributed by atoms with E-state index in [1.54, 1.807) is 24.3 Å². The first-order valence-corrected chi connectivity index (χ1v) is 8.19. The molecular formula is C17H19N3O7. The number of rotatable bonds is 9. The zero-order valence-corrected chi connectivity index (χ0v) is 14.5. The summed E-state index contributed by atoms with van der Waals surface area (Å²) in [6, 6.07) is 6.88. The second-order valence-electron chi connectivity index (χ2n) is 5.87. The Labute approximate surface area is 154 Å². The van der Waals surface area contributed by atoms with E-state index < -0.39 is 36.5 Å². The summed E-state index contributed by atoms with van der Waals surface area (Å²) in [6.07, 6.45) is 0.996. The maximum Gasteiger partial charge on any atom is 0.324 e. The van der Waals surface area contributed by atoms with Gasteiger partial charge in [-0.15, -0.1) is 0 Å². The van der Waals surface area contributed by atoms with E-state index in [0.717, 1.165) is 5.01 Å². The monoisotopic (exact) mass is 377 g/mol. The number of epoxide rings is 1. The van der Waals surface area contributed by atoms with Gasteiger partial charge in [0, 0.05) is 7.05 Å². The van der Waals surface area contributed by atoms with Gasteiger partial charge >= 0.3 is 5.97 Å². The predicted molar refractivity (Wildman–Crippen MR) is 88.7 cm³/mol. The average molecular weight is 377 g/mol. The number of nitrogens with one attached hydrogen (secondary N) is 1. The number of hydrazine groups is 1. The molecule has 144 valence electrons. The zero-order valence-electron chi connectivity index (χ0n) is 14.5. The van der Waals surface area contributed by atoms with Gasteiger partial charge in [0.15, 0.2) is 12.2 Å². The van der Waals surface area contributed by atoms with E-state index in [0.29, 0.717) is 11.5 Å². The summed E-state index contributed by atoms with van der Waals surface area (Å²) in [7, 11) is 1.42. The number of hydrogen-bond acceptors (Lipinski definition) is 7. The summed E-state index contributed by atoms with van der Waals surface area (Å²) in [5.41, 5.74) is 2.48. The molecule has 0 radical (unpaired) electrons. The number of ether oxygens (including phenoxy) is 1. The molecule has 1 fully saturated rings. The van der Waals surface area contributed by atoms with Gasteiger partial charge in [-0.1, -0.05) is 0 Å². The van der Waals surface area contributed by atoms with Gasteiger partial charge in [-0.3, -0.25) is 19.4 Å². The number of amides is 2. The van der Waals surface area contributed by atoms with Crippen LogP contribution in [0.25, 0.3) is 0 Å². The quantitative estimate of drug-likeness (QED) is 0.469. The summed E-state index contributed by atoms with van der Waals surface area (Å²) in [4.78, 5) is 37.4. The lowest BCUT2D eigenvalue weighted by Gasteiger charge is -2.20. The summed E-state index contributed by atoms with van der Waals surface area (Å²) < 4.78 is 15.8. The topological polar surface area (TPSA) is 129 Å². The molecule has 3 rings (SSSR count). The van der Waals surface area contributed by atoms with Crippen molar-refractivity contribution in [3.63, 3.8) is 0 Å². The Bertz CT molecular complexity index is 751. The van der Waals surface area contributed by atoms with Crippen LogP contribution in [0.1, 0.15) is 11.5 Å². The average Bonchev–Trinajstić information content (AvgIpc) is 3.01. The number of carboxylic acid groups (broad SMARTS) is 1. The van der Waals surface area contributed by atoms with Crippen LogP contribution >= 0.6 is 0 Å². The molecule has 2 aromatic heterocycles. The van der Waals surface area contributed by atoms with E-state index in [1.807, 2.05) is 0 Å². The molecule has 2 N–H and O–H groups in total. The molecule has 10 nitrogen and oxygen atoms in total. The summed E-state index contributed by atoms with van der Waals surface area (Å²) in [5, 5.41) is 9.74. The first-order chi connectivity index (χ1) is 13.0. The Morgan fingerprint density at radius 3 is 2.04 bits per heavy atom. The van der Waals surface area contributed by atoms with Crippen LogP contribution in [0, 0.1) is 0 Å². The van der Waals surface area contributed by atoms with Crippen molar-refractivity contribution in [2.45, 2.75) is 25.3 Å². The van der Waals surface area contributed by atoms with E-state index in [1.165, 1.54) is 24.5 Å². The summed E-state index contributed by atoms with van der Waals surface area (Å²) in [6.45, 7) is -0.186. The predicted octanol–water partition coefficient (Wildman–Crippen LogP) is 0.216. The van der Waals surface area contributed by atoms with Crippen molar-refractivity contribution < 1.29 is 33.1 Å². The van der Waals surface area contributed by atoms with Gasteiger partial charge in [-0.05, 0) is 24.3 Å². The number of nitrogens with zero attached hydrogens (tertiary/aromatic N) is 2. The number of carbonyl (C=O) groups is 3. The molecule has 0 aliphatic carbocycles. The maximum atomic E-state index is 12.8. The largest absolute Gasteiger partial charge is 0.480 e. The second-order valence-corrected chi connectivity index (χ2v) is 5.87. The number of aliphatic carboxylic acids is 1. The van der Waals surface area contributed by atoms with E-state index in [2.05, 4.69) is 5.43 Å². The molecule has 2 aromatic rings. The van der Waals surface area contributed by atoms with Crippen LogP contribution in [0.4, 0.5) is 0 Å². The first-order valence-electron chi connectivity index (χ1n) is 8.19. The number of carboxylic acids is 1. The van der Waals surface area contributed by atoms with E-state index in [9.17, 15) is 14.4 Å². The number of furan rings is 2. The second kappa shape index (κ2) is 8.06. The summed E-state index contributed by atoms with van der Waals surface area (Å²) >= 11 is 0. The fraction of sp³-hybridized carbons (Fsp3) is 0.353.